The lowest BCUT2D eigenvalue weighted by Gasteiger charge is -2.28. The number of aromatic amines is 1. The highest BCUT2D eigenvalue weighted by atomic mass is 16.4. The minimum atomic E-state index is -1.13. The van der Waals surface area contributed by atoms with E-state index in [9.17, 15) is 9.59 Å². The number of aromatic nitrogens is 2. The monoisotopic (exact) mass is 237 g/mol. The fourth-order valence-corrected chi connectivity index (χ4v) is 2.21. The van der Waals surface area contributed by atoms with Crippen LogP contribution in [0, 0.1) is 0 Å². The molecule has 1 aromatic rings. The number of aromatic carboxylic acids is 1. The van der Waals surface area contributed by atoms with Gasteiger partial charge in [-0.25, -0.2) is 9.59 Å². The maximum atomic E-state index is 11.3. The van der Waals surface area contributed by atoms with E-state index in [1.54, 1.807) is 0 Å². The number of H-pyrrole nitrogens is 1. The minimum absolute atomic E-state index is 0.0973. The second-order valence-electron chi connectivity index (χ2n) is 4.18. The molecule has 0 spiro atoms. The van der Waals surface area contributed by atoms with Crippen molar-refractivity contribution in [1.82, 2.24) is 14.9 Å². The molecule has 17 heavy (non-hydrogen) atoms. The van der Waals surface area contributed by atoms with E-state index in [2.05, 4.69) is 21.8 Å². The number of carbonyl (C=O) groups is 1. The van der Waals surface area contributed by atoms with Gasteiger partial charge in [0.1, 0.15) is 0 Å². The Bertz CT molecular complexity index is 495. The van der Waals surface area contributed by atoms with Crippen LogP contribution in [0.15, 0.2) is 4.79 Å². The SMILES string of the molecule is CCCN1CCc2c(C(=O)O)nc(=O)[nH]c2C1. The summed E-state index contributed by atoms with van der Waals surface area (Å²) in [5.41, 5.74) is 0.686. The predicted octanol–water partition coefficient (Wildman–Crippen LogP) is 0.236. The van der Waals surface area contributed by atoms with Crippen LogP contribution in [-0.2, 0) is 13.0 Å². The van der Waals surface area contributed by atoms with Gasteiger partial charge in [0.2, 0.25) is 0 Å². The summed E-state index contributed by atoms with van der Waals surface area (Å²) < 4.78 is 0. The van der Waals surface area contributed by atoms with Crippen molar-refractivity contribution in [1.29, 1.82) is 0 Å². The second kappa shape index (κ2) is 4.67. The van der Waals surface area contributed by atoms with Crippen LogP contribution in [-0.4, -0.2) is 39.0 Å². The molecule has 0 aliphatic carbocycles. The molecule has 2 N–H and O–H groups in total. The van der Waals surface area contributed by atoms with Crippen molar-refractivity contribution in [3.63, 3.8) is 0 Å². The van der Waals surface area contributed by atoms with E-state index in [1.807, 2.05) is 0 Å². The first-order valence-corrected chi connectivity index (χ1v) is 5.69. The zero-order chi connectivity index (χ0) is 12.4. The highest BCUT2D eigenvalue weighted by Crippen LogP contribution is 2.18. The first-order valence-electron chi connectivity index (χ1n) is 5.69. The van der Waals surface area contributed by atoms with Crippen molar-refractivity contribution < 1.29 is 9.90 Å². The summed E-state index contributed by atoms with van der Waals surface area (Å²) in [6.07, 6.45) is 1.66. The molecule has 1 aliphatic heterocycles. The van der Waals surface area contributed by atoms with E-state index in [-0.39, 0.29) is 5.69 Å². The summed E-state index contributed by atoms with van der Waals surface area (Å²) in [5, 5.41) is 9.01. The molecule has 0 amide bonds. The Morgan fingerprint density at radius 3 is 3.00 bits per heavy atom. The average molecular weight is 237 g/mol. The van der Waals surface area contributed by atoms with E-state index < -0.39 is 11.7 Å². The molecule has 0 unspecified atom stereocenters. The maximum Gasteiger partial charge on any atom is 0.355 e. The molecule has 0 aromatic carbocycles. The molecule has 0 atom stereocenters. The molecule has 0 bridgehead atoms. The number of nitrogens with one attached hydrogen (secondary N) is 1. The van der Waals surface area contributed by atoms with Crippen LogP contribution in [0.4, 0.5) is 0 Å². The van der Waals surface area contributed by atoms with Gasteiger partial charge in [0, 0.05) is 24.3 Å². The largest absolute Gasteiger partial charge is 0.476 e. The minimum Gasteiger partial charge on any atom is -0.476 e. The maximum absolute atomic E-state index is 11.3. The number of carboxylic acid groups (broad SMARTS) is 1. The van der Waals surface area contributed by atoms with Crippen molar-refractivity contribution in [3.05, 3.63) is 27.4 Å². The van der Waals surface area contributed by atoms with Crippen molar-refractivity contribution in [2.45, 2.75) is 26.3 Å². The molecule has 0 saturated carbocycles. The van der Waals surface area contributed by atoms with Crippen molar-refractivity contribution >= 4 is 5.97 Å². The molecular formula is C11H15N3O3. The summed E-state index contributed by atoms with van der Waals surface area (Å²) >= 11 is 0. The number of fused-ring (bicyclic) bond motifs is 1. The normalized spacial score (nSPS) is 15.6. The van der Waals surface area contributed by atoms with Crippen LogP contribution < -0.4 is 5.69 Å². The Labute approximate surface area is 98.3 Å². The zero-order valence-corrected chi connectivity index (χ0v) is 9.69. The molecule has 6 heteroatoms. The molecule has 0 fully saturated rings. The molecule has 1 aromatic heterocycles. The van der Waals surface area contributed by atoms with Gasteiger partial charge in [-0.05, 0) is 19.4 Å². The highest BCUT2D eigenvalue weighted by Gasteiger charge is 2.23. The Morgan fingerprint density at radius 2 is 2.35 bits per heavy atom. The number of carboxylic acids is 1. The van der Waals surface area contributed by atoms with Gasteiger partial charge >= 0.3 is 11.7 Å². The van der Waals surface area contributed by atoms with E-state index >= 15 is 0 Å². The molecule has 0 radical (unpaired) electrons. The van der Waals surface area contributed by atoms with Gasteiger partial charge < -0.3 is 10.1 Å². The van der Waals surface area contributed by atoms with E-state index in [1.165, 1.54) is 0 Å². The lowest BCUT2D eigenvalue weighted by Crippen LogP contribution is -2.35. The Balaban J connectivity index is 2.39. The van der Waals surface area contributed by atoms with Gasteiger partial charge in [-0.2, -0.15) is 4.98 Å². The first kappa shape index (κ1) is 11.8. The van der Waals surface area contributed by atoms with Gasteiger partial charge in [0.15, 0.2) is 5.69 Å². The van der Waals surface area contributed by atoms with Gasteiger partial charge in [0.25, 0.3) is 0 Å². The van der Waals surface area contributed by atoms with Gasteiger partial charge in [-0.15, -0.1) is 0 Å². The van der Waals surface area contributed by atoms with Crippen LogP contribution in [0.5, 0.6) is 0 Å². The van der Waals surface area contributed by atoms with Crippen molar-refractivity contribution in [3.8, 4) is 0 Å². The second-order valence-corrected chi connectivity index (χ2v) is 4.18. The summed E-state index contributed by atoms with van der Waals surface area (Å²) in [6, 6.07) is 0. The number of hydrogen-bond donors (Lipinski definition) is 2. The third-order valence-corrected chi connectivity index (χ3v) is 2.92. The fourth-order valence-electron chi connectivity index (χ4n) is 2.21. The molecule has 92 valence electrons. The highest BCUT2D eigenvalue weighted by molar-refractivity contribution is 5.87. The van der Waals surface area contributed by atoms with Gasteiger partial charge in [-0.1, -0.05) is 6.92 Å². The van der Waals surface area contributed by atoms with Crippen LogP contribution in [0.3, 0.4) is 0 Å². The summed E-state index contributed by atoms with van der Waals surface area (Å²) in [5.74, 6) is -1.13. The van der Waals surface area contributed by atoms with Gasteiger partial charge in [-0.3, -0.25) is 4.90 Å². The van der Waals surface area contributed by atoms with Crippen LogP contribution in [0.2, 0.25) is 0 Å². The third kappa shape index (κ3) is 2.36. The van der Waals surface area contributed by atoms with Crippen LogP contribution >= 0.6 is 0 Å². The van der Waals surface area contributed by atoms with Crippen LogP contribution in [0.1, 0.15) is 35.1 Å². The van der Waals surface area contributed by atoms with Crippen molar-refractivity contribution in [2.75, 3.05) is 13.1 Å². The molecule has 2 heterocycles. The molecular weight excluding hydrogens is 222 g/mol. The topological polar surface area (TPSA) is 86.3 Å². The number of nitrogens with zero attached hydrogens (tertiary/aromatic N) is 2. The van der Waals surface area contributed by atoms with E-state index in [0.717, 1.165) is 19.5 Å². The standard InChI is InChI=1S/C11H15N3O3/c1-2-4-14-5-3-7-8(6-14)12-11(17)13-9(7)10(15)16/h2-6H2,1H3,(H,15,16)(H,12,13,17). The molecule has 1 aliphatic rings. The summed E-state index contributed by atoms with van der Waals surface area (Å²) in [7, 11) is 0. The number of hydrogen-bond acceptors (Lipinski definition) is 4. The van der Waals surface area contributed by atoms with Crippen LogP contribution in [0.25, 0.3) is 0 Å². The first-order chi connectivity index (χ1) is 8.11. The Kier molecular flexibility index (Phi) is 3.23. The number of rotatable bonds is 3. The quantitative estimate of drug-likeness (QED) is 0.786. The van der Waals surface area contributed by atoms with E-state index in [4.69, 9.17) is 5.11 Å². The van der Waals surface area contributed by atoms with Gasteiger partial charge in [0.05, 0.1) is 0 Å². The molecule has 0 saturated heterocycles. The molecule has 6 nitrogen and oxygen atoms in total. The van der Waals surface area contributed by atoms with Crippen molar-refractivity contribution in [2.24, 2.45) is 0 Å². The fraction of sp³-hybridized carbons (Fsp3) is 0.545. The summed E-state index contributed by atoms with van der Waals surface area (Å²) in [6.45, 7) is 4.45. The Hall–Kier alpha value is -1.69. The zero-order valence-electron chi connectivity index (χ0n) is 9.69. The average Bonchev–Trinajstić information content (AvgIpc) is 2.27. The Morgan fingerprint density at radius 1 is 1.59 bits per heavy atom. The summed E-state index contributed by atoms with van der Waals surface area (Å²) in [4.78, 5) is 30.7. The lowest BCUT2D eigenvalue weighted by atomic mass is 10.0. The lowest BCUT2D eigenvalue weighted by molar-refractivity contribution is 0.0687. The smallest absolute Gasteiger partial charge is 0.355 e. The van der Waals surface area contributed by atoms with E-state index in [0.29, 0.717) is 24.2 Å². The third-order valence-electron chi connectivity index (χ3n) is 2.92. The predicted molar refractivity (Wildman–Crippen MR) is 61.1 cm³/mol. The molecule has 2 rings (SSSR count).